The lowest BCUT2D eigenvalue weighted by Crippen LogP contribution is -2.36. The number of halogens is 1. The summed E-state index contributed by atoms with van der Waals surface area (Å²) < 4.78 is 0.918. The van der Waals surface area contributed by atoms with E-state index in [0.29, 0.717) is 13.0 Å². The number of carbonyl (C=O) groups excluding carboxylic acids is 1. The van der Waals surface area contributed by atoms with Crippen LogP contribution in [0.2, 0.25) is 0 Å². The molecule has 19 heavy (non-hydrogen) atoms. The molecule has 1 aliphatic rings. The summed E-state index contributed by atoms with van der Waals surface area (Å²) in [4.78, 5) is 13.7. The first-order valence-electron chi connectivity index (χ1n) is 6.56. The minimum atomic E-state index is 0.151. The second-order valence-corrected chi connectivity index (χ2v) is 5.93. The molecule has 0 radical (unpaired) electrons. The van der Waals surface area contributed by atoms with E-state index in [0.717, 1.165) is 24.0 Å². The molecule has 1 aliphatic heterocycles. The largest absolute Gasteiger partial charge is 0.341 e. The van der Waals surface area contributed by atoms with Gasteiger partial charge in [-0.1, -0.05) is 52.8 Å². The molecule has 0 spiro atoms. The first-order valence-corrected chi connectivity index (χ1v) is 7.35. The van der Waals surface area contributed by atoms with Crippen molar-refractivity contribution in [1.29, 1.82) is 0 Å². The van der Waals surface area contributed by atoms with Crippen molar-refractivity contribution in [2.45, 2.75) is 18.9 Å². The fraction of sp³-hybridized carbons (Fsp3) is 0.400. The molecule has 0 aliphatic carbocycles. The zero-order valence-electron chi connectivity index (χ0n) is 10.9. The third kappa shape index (κ3) is 4.18. The Kier molecular flexibility index (Phi) is 5.16. The van der Waals surface area contributed by atoms with E-state index in [4.69, 9.17) is 0 Å². The fourth-order valence-corrected chi connectivity index (χ4v) is 2.49. The van der Waals surface area contributed by atoms with Crippen molar-refractivity contribution in [3.63, 3.8) is 0 Å². The average Bonchev–Trinajstić information content (AvgIpc) is 2.81. The van der Waals surface area contributed by atoms with Crippen molar-refractivity contribution >= 4 is 21.8 Å². The molecule has 1 N–H and O–H groups in total. The number of hydrogen-bond acceptors (Lipinski definition) is 2. The van der Waals surface area contributed by atoms with Gasteiger partial charge in [-0.05, 0) is 12.0 Å². The molecular formula is C15H19BrN2O. The summed E-state index contributed by atoms with van der Waals surface area (Å²) in [5.74, 6) is 0.264. The van der Waals surface area contributed by atoms with E-state index in [1.165, 1.54) is 5.56 Å². The summed E-state index contributed by atoms with van der Waals surface area (Å²) in [5.41, 5.74) is 1.20. The lowest BCUT2D eigenvalue weighted by Gasteiger charge is -2.25. The van der Waals surface area contributed by atoms with Gasteiger partial charge in [0.2, 0.25) is 5.91 Å². The Hall–Kier alpha value is -1.13. The van der Waals surface area contributed by atoms with Crippen LogP contribution in [0, 0.1) is 0 Å². The summed E-state index contributed by atoms with van der Waals surface area (Å²) in [5, 5.41) is 3.44. The Balaban J connectivity index is 2.05. The maximum absolute atomic E-state index is 11.8. The minimum Gasteiger partial charge on any atom is -0.341 e. The van der Waals surface area contributed by atoms with Crippen LogP contribution in [-0.2, 0) is 4.79 Å². The molecule has 1 saturated heterocycles. The smallest absolute Gasteiger partial charge is 0.222 e. The standard InChI is InChI=1S/C15H19BrN2O/c1-12(16)10-17-14(13-6-3-2-4-7-13)11-18-9-5-8-15(18)19/h2-4,6-7,14,17H,1,5,8-11H2/t14-/m0/s1. The molecule has 1 aromatic carbocycles. The highest BCUT2D eigenvalue weighted by molar-refractivity contribution is 9.11. The van der Waals surface area contributed by atoms with E-state index in [1.807, 2.05) is 23.1 Å². The van der Waals surface area contributed by atoms with Crippen LogP contribution in [0.25, 0.3) is 0 Å². The maximum Gasteiger partial charge on any atom is 0.222 e. The van der Waals surface area contributed by atoms with Gasteiger partial charge >= 0.3 is 0 Å². The van der Waals surface area contributed by atoms with Crippen molar-refractivity contribution < 1.29 is 4.79 Å². The zero-order valence-corrected chi connectivity index (χ0v) is 12.5. The highest BCUT2D eigenvalue weighted by atomic mass is 79.9. The first-order chi connectivity index (χ1) is 9.16. The summed E-state index contributed by atoms with van der Waals surface area (Å²) in [6.07, 6.45) is 1.66. The Morgan fingerprint density at radius 3 is 2.74 bits per heavy atom. The number of nitrogens with zero attached hydrogens (tertiary/aromatic N) is 1. The molecule has 3 nitrogen and oxygen atoms in total. The molecule has 1 atom stereocenters. The van der Waals surface area contributed by atoms with Gasteiger partial charge in [-0.3, -0.25) is 4.79 Å². The fourth-order valence-electron chi connectivity index (χ4n) is 2.32. The van der Waals surface area contributed by atoms with Crippen molar-refractivity contribution in [3.05, 3.63) is 47.0 Å². The van der Waals surface area contributed by atoms with E-state index >= 15 is 0 Å². The van der Waals surface area contributed by atoms with E-state index in [9.17, 15) is 4.79 Å². The lowest BCUT2D eigenvalue weighted by molar-refractivity contribution is -0.128. The Morgan fingerprint density at radius 2 is 2.16 bits per heavy atom. The van der Waals surface area contributed by atoms with Crippen LogP contribution in [-0.4, -0.2) is 30.4 Å². The molecule has 1 aromatic rings. The van der Waals surface area contributed by atoms with E-state index in [2.05, 4.69) is 40.0 Å². The molecule has 0 unspecified atom stereocenters. The second-order valence-electron chi connectivity index (χ2n) is 4.80. The molecule has 1 amide bonds. The zero-order chi connectivity index (χ0) is 13.7. The number of amides is 1. The maximum atomic E-state index is 11.8. The van der Waals surface area contributed by atoms with Gasteiger partial charge < -0.3 is 10.2 Å². The Morgan fingerprint density at radius 1 is 1.42 bits per heavy atom. The van der Waals surface area contributed by atoms with Crippen LogP contribution in [0.3, 0.4) is 0 Å². The number of benzene rings is 1. The lowest BCUT2D eigenvalue weighted by atomic mass is 10.1. The van der Waals surface area contributed by atoms with Gasteiger partial charge in [-0.15, -0.1) is 0 Å². The van der Waals surface area contributed by atoms with Gasteiger partial charge in [0.1, 0.15) is 0 Å². The highest BCUT2D eigenvalue weighted by Gasteiger charge is 2.23. The van der Waals surface area contributed by atoms with E-state index in [-0.39, 0.29) is 11.9 Å². The SMILES string of the molecule is C=C(Br)CN[C@@H](CN1CCCC1=O)c1ccccc1. The summed E-state index contributed by atoms with van der Waals surface area (Å²) in [7, 11) is 0. The number of nitrogens with one attached hydrogen (secondary N) is 1. The molecule has 4 heteroatoms. The number of carbonyl (C=O) groups is 1. The van der Waals surface area contributed by atoms with Crippen molar-refractivity contribution in [1.82, 2.24) is 10.2 Å². The molecular weight excluding hydrogens is 304 g/mol. The molecule has 2 rings (SSSR count). The topological polar surface area (TPSA) is 32.3 Å². The van der Waals surface area contributed by atoms with Gasteiger partial charge in [0.15, 0.2) is 0 Å². The molecule has 102 valence electrons. The predicted molar refractivity (Wildman–Crippen MR) is 81.1 cm³/mol. The summed E-state index contributed by atoms with van der Waals surface area (Å²) in [6.45, 7) is 6.14. The van der Waals surface area contributed by atoms with Crippen LogP contribution < -0.4 is 5.32 Å². The van der Waals surface area contributed by atoms with Crippen molar-refractivity contribution in [3.8, 4) is 0 Å². The van der Waals surface area contributed by atoms with Gasteiger partial charge in [0, 0.05) is 30.5 Å². The normalized spacial score (nSPS) is 16.7. The van der Waals surface area contributed by atoms with Gasteiger partial charge in [-0.25, -0.2) is 0 Å². The van der Waals surface area contributed by atoms with Crippen LogP contribution >= 0.6 is 15.9 Å². The third-order valence-electron chi connectivity index (χ3n) is 3.32. The van der Waals surface area contributed by atoms with Crippen molar-refractivity contribution in [2.24, 2.45) is 0 Å². The van der Waals surface area contributed by atoms with Crippen LogP contribution in [0.1, 0.15) is 24.4 Å². The average molecular weight is 323 g/mol. The summed E-state index contributed by atoms with van der Waals surface area (Å²) >= 11 is 3.36. The molecule has 1 heterocycles. The summed E-state index contributed by atoms with van der Waals surface area (Å²) in [6, 6.07) is 10.4. The van der Waals surface area contributed by atoms with Gasteiger partial charge in [0.25, 0.3) is 0 Å². The Bertz CT molecular complexity index is 447. The van der Waals surface area contributed by atoms with Crippen molar-refractivity contribution in [2.75, 3.05) is 19.6 Å². The predicted octanol–water partition coefficient (Wildman–Crippen LogP) is 2.85. The van der Waals surface area contributed by atoms with Crippen LogP contribution in [0.5, 0.6) is 0 Å². The molecule has 0 aromatic heterocycles. The minimum absolute atomic E-state index is 0.151. The number of likely N-dealkylation sites (tertiary alicyclic amines) is 1. The van der Waals surface area contributed by atoms with E-state index in [1.54, 1.807) is 0 Å². The molecule has 0 bridgehead atoms. The van der Waals surface area contributed by atoms with Gasteiger partial charge in [0.05, 0.1) is 6.04 Å². The highest BCUT2D eigenvalue weighted by Crippen LogP contribution is 2.19. The third-order valence-corrected chi connectivity index (χ3v) is 3.60. The van der Waals surface area contributed by atoms with E-state index < -0.39 is 0 Å². The Labute approximate surface area is 122 Å². The quantitative estimate of drug-likeness (QED) is 0.873. The van der Waals surface area contributed by atoms with Gasteiger partial charge in [-0.2, -0.15) is 0 Å². The van der Waals surface area contributed by atoms with Crippen LogP contribution in [0.4, 0.5) is 0 Å². The first kappa shape index (κ1) is 14.3. The molecule has 0 saturated carbocycles. The van der Waals surface area contributed by atoms with Crippen LogP contribution in [0.15, 0.2) is 41.4 Å². The monoisotopic (exact) mass is 322 g/mol. The second kappa shape index (κ2) is 6.87. The molecule has 1 fully saturated rings. The number of hydrogen-bond donors (Lipinski definition) is 1. The number of rotatable bonds is 6.